The van der Waals surface area contributed by atoms with Crippen molar-refractivity contribution in [1.29, 1.82) is 0 Å². The summed E-state index contributed by atoms with van der Waals surface area (Å²) in [5, 5.41) is 0. The molecule has 0 spiro atoms. The maximum Gasteiger partial charge on any atom is -0.0776 e. The van der Waals surface area contributed by atoms with Crippen LogP contribution < -0.4 is 12.3 Å². The average Bonchev–Trinajstić information content (AvgIpc) is 0. The maximum absolute atomic E-state index is 0. The molecule has 0 amide bonds. The Morgan fingerprint density at radius 3 is 0.188 bits per heavy atom. The molecule has 0 aromatic rings. The van der Waals surface area contributed by atoms with Crippen LogP contribution in [-0.2, 0) is 0 Å². The fourth-order valence-electron chi connectivity index (χ4n) is 0. The largest absolute Gasteiger partial charge is 0.344 e. The van der Waals surface area contributed by atoms with Gasteiger partial charge < -0.3 is 12.3 Å². The van der Waals surface area contributed by atoms with Gasteiger partial charge in [0.25, 0.3) is 0 Å². The van der Waals surface area contributed by atoms with E-state index in [0.717, 1.165) is 0 Å². The predicted molar refractivity (Wildman–Crippen MR) is 113 cm³/mol. The van der Waals surface area contributed by atoms with Crippen LogP contribution in [0, 0.1) is 0 Å². The summed E-state index contributed by atoms with van der Waals surface area (Å²) in [5.41, 5.74) is 0. The molecule has 0 saturated carbocycles. The first kappa shape index (κ1) is 6870. The molecule has 0 aromatic carbocycles. The highest BCUT2D eigenvalue weighted by Gasteiger charge is -0.0662. The molecule has 0 heterocycles. The van der Waals surface area contributed by atoms with Crippen molar-refractivity contribution < 1.29 is 0 Å². The molecular formula is C12H60N2P2. The summed E-state index contributed by atoms with van der Waals surface area (Å²) in [6.45, 7) is 0. The lowest BCUT2D eigenvalue weighted by atomic mass is 12.0. The highest BCUT2D eigenvalue weighted by Crippen LogP contribution is 0.862. The SMILES string of the molecule is C.C.C.C.C.C.C.C.C.C.C.C.N.N.P.P. The smallest absolute Gasteiger partial charge is 0.0776 e. The van der Waals surface area contributed by atoms with Crippen LogP contribution >= 0.6 is 19.8 Å². The van der Waals surface area contributed by atoms with Crippen LogP contribution in [0.15, 0.2) is 0 Å². The van der Waals surface area contributed by atoms with E-state index in [0.29, 0.717) is 0 Å². The monoisotopic (exact) mass is 294 g/mol. The van der Waals surface area contributed by atoms with Gasteiger partial charge in [-0.15, -0.1) is 0 Å². The third-order valence-electron chi connectivity index (χ3n) is 0. The van der Waals surface area contributed by atoms with Gasteiger partial charge in [0.1, 0.15) is 0 Å². The van der Waals surface area contributed by atoms with Gasteiger partial charge in [-0.25, -0.2) is 0 Å². The Morgan fingerprint density at radius 1 is 0.188 bits per heavy atom. The lowest BCUT2D eigenvalue weighted by Gasteiger charge is -0.345. The predicted octanol–water partition coefficient (Wildman–Crippen LogP) is 8.07. The lowest BCUT2D eigenvalue weighted by Crippen LogP contribution is -0.482. The average molecular weight is 295 g/mol. The molecular weight excluding hydrogens is 234 g/mol. The molecule has 0 aliphatic heterocycles. The number of hydrogen-bond donors (Lipinski definition) is 2. The first-order valence-corrected chi connectivity index (χ1v) is 0. The summed E-state index contributed by atoms with van der Waals surface area (Å²) in [4.78, 5) is 0. The normalized spacial score (nSPS) is 0. The van der Waals surface area contributed by atoms with E-state index >= 15 is 0 Å². The van der Waals surface area contributed by atoms with Crippen LogP contribution in [0.1, 0.15) is 89.1 Å². The summed E-state index contributed by atoms with van der Waals surface area (Å²) in [6.07, 6.45) is 0. The molecule has 2 unspecified atom stereocenters. The quantitative estimate of drug-likeness (QED) is 0.443. The van der Waals surface area contributed by atoms with Gasteiger partial charge in [0.2, 0.25) is 0 Å². The van der Waals surface area contributed by atoms with Gasteiger partial charge >= 0.3 is 0 Å². The fourth-order valence-corrected chi connectivity index (χ4v) is 0. The molecule has 2 nitrogen and oxygen atoms in total. The van der Waals surface area contributed by atoms with Gasteiger partial charge in [-0.2, -0.15) is 19.8 Å². The molecule has 6 N–H and O–H groups in total. The van der Waals surface area contributed by atoms with E-state index < -0.39 is 0 Å². The van der Waals surface area contributed by atoms with E-state index in [9.17, 15) is 0 Å². The van der Waals surface area contributed by atoms with Crippen molar-refractivity contribution in [2.75, 3.05) is 0 Å². The highest BCUT2D eigenvalue weighted by molar-refractivity contribution is 6.92. The van der Waals surface area contributed by atoms with Gasteiger partial charge in [-0.1, -0.05) is 89.1 Å². The molecule has 0 aliphatic carbocycles. The molecule has 16 heavy (non-hydrogen) atoms. The van der Waals surface area contributed by atoms with Crippen LogP contribution in [0.25, 0.3) is 0 Å². The van der Waals surface area contributed by atoms with Crippen molar-refractivity contribution in [1.82, 2.24) is 12.3 Å². The van der Waals surface area contributed by atoms with Crippen molar-refractivity contribution >= 4 is 19.8 Å². The molecule has 0 saturated heterocycles. The molecule has 128 valence electrons. The van der Waals surface area contributed by atoms with Crippen molar-refractivity contribution in [3.8, 4) is 0 Å². The van der Waals surface area contributed by atoms with Crippen molar-refractivity contribution in [3.63, 3.8) is 0 Å². The first-order valence-electron chi connectivity index (χ1n) is 0. The lowest BCUT2D eigenvalue weighted by molar-refractivity contribution is 2.13. The Morgan fingerprint density at radius 2 is 0.188 bits per heavy atom. The van der Waals surface area contributed by atoms with E-state index in [4.69, 9.17) is 0 Å². The Labute approximate surface area is 122 Å². The minimum Gasteiger partial charge on any atom is -0.344 e. The minimum absolute atomic E-state index is 0. The Kier molecular flexibility index (Phi) is 2430000. The Hall–Kier alpha value is 0.780. The second-order valence-electron chi connectivity index (χ2n) is 0. The molecule has 4 heteroatoms. The van der Waals surface area contributed by atoms with Crippen LogP contribution in [0.4, 0.5) is 0 Å². The second-order valence-corrected chi connectivity index (χ2v) is 0. The first-order chi connectivity index (χ1) is 0. The fraction of sp³-hybridized carbons (Fsp3) is 1.00. The van der Waals surface area contributed by atoms with Gasteiger partial charge in [-0.05, 0) is 0 Å². The van der Waals surface area contributed by atoms with Gasteiger partial charge in [0.05, 0.1) is 0 Å². The summed E-state index contributed by atoms with van der Waals surface area (Å²) in [5.74, 6) is 0. The van der Waals surface area contributed by atoms with Crippen LogP contribution in [0.3, 0.4) is 0 Å². The van der Waals surface area contributed by atoms with Crippen molar-refractivity contribution in [2.45, 2.75) is 89.1 Å². The summed E-state index contributed by atoms with van der Waals surface area (Å²) in [7, 11) is 0. The van der Waals surface area contributed by atoms with E-state index in [-0.39, 0.29) is 121 Å². The number of rotatable bonds is 0. The Balaban J connectivity index is 0. The van der Waals surface area contributed by atoms with E-state index in [1.807, 2.05) is 0 Å². The molecule has 0 aliphatic rings. The molecule has 0 aromatic heterocycles. The minimum atomic E-state index is 0. The second kappa shape index (κ2) is 5670. The zero-order valence-electron chi connectivity index (χ0n) is 2.83. The molecule has 0 rings (SSSR count). The zero-order chi connectivity index (χ0) is 0. The zero-order valence-corrected chi connectivity index (χ0v) is 5.66. The molecule has 0 bridgehead atoms. The van der Waals surface area contributed by atoms with Crippen LogP contribution in [0.2, 0.25) is 0 Å². The Bertz CT molecular complexity index is 17.0. The van der Waals surface area contributed by atoms with Crippen molar-refractivity contribution in [3.05, 3.63) is 0 Å². The molecule has 0 radical (unpaired) electrons. The maximum atomic E-state index is 0. The summed E-state index contributed by atoms with van der Waals surface area (Å²) in [6, 6.07) is 0. The van der Waals surface area contributed by atoms with Gasteiger partial charge in [0, 0.05) is 0 Å². The molecule has 0 fully saturated rings. The summed E-state index contributed by atoms with van der Waals surface area (Å²) >= 11 is 0. The van der Waals surface area contributed by atoms with Crippen molar-refractivity contribution in [2.24, 2.45) is 0 Å². The third-order valence-corrected chi connectivity index (χ3v) is 0. The van der Waals surface area contributed by atoms with Gasteiger partial charge in [-0.3, -0.25) is 0 Å². The molecule has 2 atom stereocenters. The van der Waals surface area contributed by atoms with E-state index in [2.05, 4.69) is 0 Å². The highest BCUT2D eigenvalue weighted by atomic mass is 31.0. The third kappa shape index (κ3) is 4610. The van der Waals surface area contributed by atoms with Gasteiger partial charge in [0.15, 0.2) is 0 Å². The van der Waals surface area contributed by atoms with Crippen LogP contribution in [-0.4, -0.2) is 0 Å². The van der Waals surface area contributed by atoms with E-state index in [1.165, 1.54) is 0 Å². The topological polar surface area (TPSA) is 70.0 Å². The van der Waals surface area contributed by atoms with Crippen LogP contribution in [0.5, 0.6) is 0 Å². The van der Waals surface area contributed by atoms with E-state index in [1.54, 1.807) is 0 Å². The summed E-state index contributed by atoms with van der Waals surface area (Å²) < 4.78 is 0. The standard InChI is InChI=1S/12CH4.2H3N.2H3P/h12*1H4;4*1H3. The number of hydrogen-bond acceptors (Lipinski definition) is 2.